The van der Waals surface area contributed by atoms with Crippen molar-refractivity contribution in [3.8, 4) is 0 Å². The number of carbonyl (C=O) groups is 8. The fraction of sp³-hybridized carbons (Fsp3) is 0.571. The van der Waals surface area contributed by atoms with Crippen molar-refractivity contribution in [2.45, 2.75) is 165 Å². The number of hydrogen-bond donors (Lipinski definition) is 6. The van der Waals surface area contributed by atoms with Gasteiger partial charge in [0.1, 0.15) is 35.6 Å². The smallest absolute Gasteiger partial charge is 0.333 e. The normalized spacial score (nSPS) is 24.5. The predicted octanol–water partition coefficient (Wildman–Crippen LogP) is 6.15. The van der Waals surface area contributed by atoms with E-state index < -0.39 is 38.4 Å². The second kappa shape index (κ2) is 43.3. The molecular formula is C84H111N15O21S2. The first-order chi connectivity index (χ1) is 59.0. The minimum absolute atomic E-state index is 0.00253. The Morgan fingerprint density at radius 1 is 0.467 bits per heavy atom. The Kier molecular flexibility index (Phi) is 32.0. The summed E-state index contributed by atoms with van der Waals surface area (Å²) in [6.07, 6.45) is 26.1. The number of nitrogens with two attached hydrogens (primary N) is 3. The van der Waals surface area contributed by atoms with E-state index >= 15 is 0 Å². The topological polar surface area (TPSA) is 473 Å². The molecule has 7 amide bonds. The van der Waals surface area contributed by atoms with Crippen LogP contribution in [0, 0.1) is 35.5 Å². The first-order valence-electron chi connectivity index (χ1n) is 42.3. The Morgan fingerprint density at radius 2 is 0.877 bits per heavy atom. The van der Waals surface area contributed by atoms with Crippen LogP contribution in [-0.4, -0.2) is 226 Å². The zero-order valence-corrected chi connectivity index (χ0v) is 70.1. The monoisotopic (exact) mass is 1730 g/mol. The molecule has 6 aromatic rings. The van der Waals surface area contributed by atoms with Gasteiger partial charge in [-0.15, -0.1) is 5.06 Å². The van der Waals surface area contributed by atoms with Crippen LogP contribution in [0.4, 0.5) is 11.6 Å². The number of amides is 7. The van der Waals surface area contributed by atoms with Gasteiger partial charge in [0.2, 0.25) is 5.91 Å². The van der Waals surface area contributed by atoms with E-state index in [1.807, 2.05) is 24.5 Å². The Bertz CT molecular complexity index is 4880. The van der Waals surface area contributed by atoms with Crippen LogP contribution in [0.25, 0.3) is 22.1 Å². The summed E-state index contributed by atoms with van der Waals surface area (Å²) in [5.74, 6) is -0.387. The molecule has 8 atom stereocenters. The highest BCUT2D eigenvalue weighted by molar-refractivity contribution is 7.84. The van der Waals surface area contributed by atoms with Crippen LogP contribution in [0.15, 0.2) is 110 Å². The second-order valence-corrected chi connectivity index (χ2v) is 34.9. The molecule has 0 bridgehead atoms. The molecule has 6 aliphatic carbocycles. The lowest BCUT2D eigenvalue weighted by atomic mass is 9.80. The Balaban J connectivity index is 0.000000171. The third kappa shape index (κ3) is 25.0. The van der Waals surface area contributed by atoms with Gasteiger partial charge in [-0.05, 0) is 161 Å². The molecule has 38 heteroatoms. The molecule has 4 saturated carbocycles. The molecule has 122 heavy (non-hydrogen) atoms. The molecule has 9 N–H and O–H groups in total. The number of aromatic nitrogens is 6. The highest BCUT2D eigenvalue weighted by Gasteiger charge is 2.41. The zero-order chi connectivity index (χ0) is 85.7. The van der Waals surface area contributed by atoms with Crippen molar-refractivity contribution < 1.29 is 96.8 Å². The van der Waals surface area contributed by atoms with Gasteiger partial charge in [0.25, 0.3) is 35.4 Å². The number of fused-ring (bicyclic) bond motifs is 4. The summed E-state index contributed by atoms with van der Waals surface area (Å²) in [7, 11) is -8.17. The number of benzene rings is 2. The van der Waals surface area contributed by atoms with Gasteiger partial charge in [0.05, 0.1) is 121 Å². The summed E-state index contributed by atoms with van der Waals surface area (Å²) in [6, 6.07) is 21.4. The molecule has 5 fully saturated rings. The largest absolute Gasteiger partial charge is 0.378 e. The van der Waals surface area contributed by atoms with E-state index in [1.165, 1.54) is 56.4 Å². The molecule has 1 saturated heterocycles. The average Bonchev–Trinajstić information content (AvgIpc) is 1.62. The molecule has 7 heterocycles. The number of rotatable bonds is 40. The molecule has 9 aliphatic rings. The molecule has 0 spiro atoms. The number of imide groups is 3. The van der Waals surface area contributed by atoms with Crippen molar-refractivity contribution >= 4 is 102 Å². The predicted molar refractivity (Wildman–Crippen MR) is 443 cm³/mol. The van der Waals surface area contributed by atoms with Crippen LogP contribution in [0.3, 0.4) is 0 Å². The van der Waals surface area contributed by atoms with Crippen molar-refractivity contribution in [1.82, 2.24) is 49.2 Å². The van der Waals surface area contributed by atoms with Gasteiger partial charge in [0.15, 0.2) is 0 Å². The van der Waals surface area contributed by atoms with E-state index in [2.05, 4.69) is 93.6 Å². The van der Waals surface area contributed by atoms with Crippen molar-refractivity contribution in [3.63, 3.8) is 0 Å². The second-order valence-electron chi connectivity index (χ2n) is 32.4. The lowest BCUT2D eigenvalue weighted by Crippen LogP contribution is -2.36. The lowest BCUT2D eigenvalue weighted by molar-refractivity contribution is -0.198. The summed E-state index contributed by atoms with van der Waals surface area (Å²) in [5, 5.41) is 22.9. The number of hydroxylamine groups is 2. The maximum Gasteiger partial charge on any atom is 0.333 e. The molecular weight excluding hydrogens is 1620 g/mol. The number of nitrogens with one attached hydrogen (secondary N) is 3. The van der Waals surface area contributed by atoms with Gasteiger partial charge in [-0.2, -0.15) is 16.8 Å². The van der Waals surface area contributed by atoms with Crippen molar-refractivity contribution in [2.75, 3.05) is 116 Å². The molecule has 4 aromatic heterocycles. The third-order valence-corrected chi connectivity index (χ3v) is 25.2. The number of ether oxygens (including phenoxy) is 6. The number of hydrogen-bond acceptors (Lipinski definition) is 28. The molecule has 3 aliphatic heterocycles. The maximum atomic E-state index is 12.5. The molecule has 0 unspecified atom stereocenters. The fourth-order valence-electron chi connectivity index (χ4n) is 18.0. The highest BCUT2D eigenvalue weighted by atomic mass is 32.2. The van der Waals surface area contributed by atoms with Gasteiger partial charge < -0.3 is 64.1 Å². The summed E-state index contributed by atoms with van der Waals surface area (Å²) >= 11 is 0. The van der Waals surface area contributed by atoms with Crippen LogP contribution in [0.2, 0.25) is 0 Å². The van der Waals surface area contributed by atoms with E-state index in [1.54, 1.807) is 12.7 Å². The molecule has 660 valence electrons. The van der Waals surface area contributed by atoms with Crippen molar-refractivity contribution in [1.29, 1.82) is 0 Å². The summed E-state index contributed by atoms with van der Waals surface area (Å²) in [6.45, 7) is 5.52. The Labute approximate surface area is 708 Å². The number of anilines is 2. The summed E-state index contributed by atoms with van der Waals surface area (Å²) in [4.78, 5) is 120. The minimum Gasteiger partial charge on any atom is -0.378 e. The lowest BCUT2D eigenvalue weighted by Gasteiger charge is -2.30. The van der Waals surface area contributed by atoms with Crippen LogP contribution >= 0.6 is 0 Å². The quantitative estimate of drug-likeness (QED) is 0.0185. The Hall–Kier alpha value is -9.42. The number of carbonyl (C=O) groups excluding carboxylic acids is 8. The van der Waals surface area contributed by atoms with Crippen LogP contribution < -0.4 is 32.0 Å². The van der Waals surface area contributed by atoms with Crippen LogP contribution in [-0.2, 0) is 113 Å². The SMILES string of the molecule is NCCOCCOCCO[C@H]1C[C@H](n2ccc3c(N[C@H]4CCc5ccccc54)ncnc32)C[C@H]1COS(N)(=O)=O.NS(=O)(=O)OC[C@@H]1C[C@@H](n2ccc3c(N[C@H]4CCc5ccccc54)ncnc32)C[C@@H]1OCCOCCOCCNC(=O)CC1CCC(CN2C(=O)C=CC2=O)CC1.O=C(CC1CCC(CN2C(=O)C=CC2=O)CC1)ON1C(=O)CCC1=O. The van der Waals surface area contributed by atoms with E-state index in [4.69, 9.17) is 57.6 Å². The van der Waals surface area contributed by atoms with Crippen LogP contribution in [0.5, 0.6) is 0 Å². The summed E-state index contributed by atoms with van der Waals surface area (Å²) < 4.78 is 95.1. The highest BCUT2D eigenvalue weighted by Crippen LogP contribution is 2.44. The number of aryl methyl sites for hydroxylation is 2. The van der Waals surface area contributed by atoms with E-state index in [0.717, 1.165) is 111 Å². The fourth-order valence-corrected chi connectivity index (χ4v) is 18.8. The molecule has 36 nitrogen and oxygen atoms in total. The van der Waals surface area contributed by atoms with Crippen LogP contribution in [0.1, 0.15) is 162 Å². The Morgan fingerprint density at radius 3 is 1.32 bits per heavy atom. The van der Waals surface area contributed by atoms with Gasteiger partial charge in [-0.25, -0.2) is 35.0 Å². The first-order valence-corrected chi connectivity index (χ1v) is 45.2. The third-order valence-electron chi connectivity index (χ3n) is 24.2. The maximum absolute atomic E-state index is 12.5. The molecule has 15 rings (SSSR count). The van der Waals surface area contributed by atoms with Gasteiger partial charge in [-0.1, -0.05) is 48.5 Å². The minimum atomic E-state index is -4.11. The van der Waals surface area contributed by atoms with E-state index in [-0.39, 0.29) is 128 Å². The van der Waals surface area contributed by atoms with Crippen molar-refractivity contribution in [2.24, 2.45) is 51.5 Å². The van der Waals surface area contributed by atoms with E-state index in [0.29, 0.717) is 135 Å². The van der Waals surface area contributed by atoms with Gasteiger partial charge in [-0.3, -0.25) is 51.7 Å². The first kappa shape index (κ1) is 90.3. The van der Waals surface area contributed by atoms with Crippen molar-refractivity contribution in [3.05, 3.63) is 132 Å². The molecule has 0 radical (unpaired) electrons. The summed E-state index contributed by atoms with van der Waals surface area (Å²) in [5.41, 5.74) is 12.4. The molecule has 2 aromatic carbocycles. The standard InChI is InChI=1S/C40H53N7O9S.C27H38N6O6S.C17H20N2O6/c41-57(51,52)56-25-30-22-31(46-15-13-33-39(43-26-44-40(33)46)45-34-10-9-29-3-1-2-4-32(29)34)23-35(30)55-20-19-54-18-17-53-16-14-42-36(48)21-27-5-7-28(8-6-27)24-47-37(49)11-12-38(47)50;28-8-10-36-11-12-37-13-14-38-25-16-21(15-20(25)17-39-40(29,34)35)33-9-7-23-26(30-18-31-27(23)33)32-24-6-5-19-3-1-2-4-22(19)24;20-13-5-6-14(21)18(13)10-12-3-1-11(2-4-12)9-17(24)25-19-15(22)7-8-16(19)23/h1-4,11-13,15,26-28,30-31,34-35H,5-10,14,16-25H2,(H,42,48)(H2,41,51,52)(H,43,44,45);1-4,7,9,18,20-21,24-25H,5-6,8,10-17,28H2,(H2,29,34,35)(H,30,31,32);5-6,11-12H,1-4,7-10H2/t27?,28?,30-,31+,34-,35-;20-,21+,24-,25-;/m00./s1. The number of nitrogens with zero attached hydrogens (tertiary/aromatic N) is 9. The average molecular weight is 1730 g/mol. The van der Waals surface area contributed by atoms with E-state index in [9.17, 15) is 55.2 Å². The van der Waals surface area contributed by atoms with Gasteiger partial charge >= 0.3 is 26.6 Å². The zero-order valence-electron chi connectivity index (χ0n) is 68.4. The van der Waals surface area contributed by atoms with Gasteiger partial charge in [0, 0.05) is 106 Å².